The summed E-state index contributed by atoms with van der Waals surface area (Å²) >= 11 is 3.44. The van der Waals surface area contributed by atoms with Gasteiger partial charge in [-0.3, -0.25) is 9.59 Å². The second-order valence-electron chi connectivity index (χ2n) is 7.55. The number of amides is 2. The lowest BCUT2D eigenvalue weighted by atomic mass is 10.1. The van der Waals surface area contributed by atoms with Crippen molar-refractivity contribution >= 4 is 39.1 Å². The van der Waals surface area contributed by atoms with E-state index in [0.717, 1.165) is 42.0 Å². The molecule has 7 heteroatoms. The maximum absolute atomic E-state index is 12.6. The molecule has 1 heterocycles. The van der Waals surface area contributed by atoms with Crippen molar-refractivity contribution in [1.29, 1.82) is 0 Å². The molecule has 1 N–H and O–H groups in total. The first-order valence-corrected chi connectivity index (χ1v) is 11.1. The van der Waals surface area contributed by atoms with Crippen LogP contribution in [-0.2, 0) is 4.79 Å². The highest BCUT2D eigenvalue weighted by molar-refractivity contribution is 9.10. The predicted molar refractivity (Wildman–Crippen MR) is 123 cm³/mol. The van der Waals surface area contributed by atoms with Gasteiger partial charge in [-0.25, -0.2) is 0 Å². The van der Waals surface area contributed by atoms with Crippen molar-refractivity contribution < 1.29 is 14.3 Å². The Morgan fingerprint density at radius 1 is 1.07 bits per heavy atom. The van der Waals surface area contributed by atoms with Gasteiger partial charge in [0.25, 0.3) is 5.91 Å². The van der Waals surface area contributed by atoms with Gasteiger partial charge in [0.15, 0.2) is 0 Å². The Bertz CT molecular complexity index is 891. The molecule has 0 unspecified atom stereocenters. The van der Waals surface area contributed by atoms with Crippen LogP contribution in [0, 0.1) is 5.92 Å². The summed E-state index contributed by atoms with van der Waals surface area (Å²) < 4.78 is 6.24. The van der Waals surface area contributed by atoms with E-state index < -0.39 is 0 Å². The molecule has 0 radical (unpaired) electrons. The summed E-state index contributed by atoms with van der Waals surface area (Å²) in [4.78, 5) is 28.9. The zero-order valence-electron chi connectivity index (χ0n) is 17.7. The normalized spacial score (nSPS) is 14.0. The monoisotopic (exact) mass is 473 g/mol. The van der Waals surface area contributed by atoms with Crippen LogP contribution in [0.25, 0.3) is 0 Å². The molecule has 30 heavy (non-hydrogen) atoms. The first-order valence-electron chi connectivity index (χ1n) is 10.3. The molecule has 3 rings (SSSR count). The lowest BCUT2D eigenvalue weighted by Gasteiger charge is -2.37. The van der Waals surface area contributed by atoms with Crippen LogP contribution < -0.4 is 15.0 Å². The van der Waals surface area contributed by atoms with E-state index >= 15 is 0 Å². The van der Waals surface area contributed by atoms with E-state index in [0.29, 0.717) is 17.9 Å². The first kappa shape index (κ1) is 22.2. The van der Waals surface area contributed by atoms with E-state index in [1.807, 2.05) is 49.9 Å². The lowest BCUT2D eigenvalue weighted by Crippen LogP contribution is -2.49. The van der Waals surface area contributed by atoms with Crippen LogP contribution >= 0.6 is 15.9 Å². The number of nitrogens with zero attached hydrogens (tertiary/aromatic N) is 2. The van der Waals surface area contributed by atoms with Gasteiger partial charge in [0.1, 0.15) is 5.75 Å². The fourth-order valence-electron chi connectivity index (χ4n) is 3.42. The number of hydrogen-bond donors (Lipinski definition) is 1. The summed E-state index contributed by atoms with van der Waals surface area (Å²) in [6.07, 6.45) is 0. The molecule has 160 valence electrons. The Balaban J connectivity index is 1.58. The average Bonchev–Trinajstić information content (AvgIpc) is 2.75. The van der Waals surface area contributed by atoms with Gasteiger partial charge >= 0.3 is 0 Å². The fourth-order valence-corrected chi connectivity index (χ4v) is 3.92. The Hall–Kier alpha value is -2.54. The Morgan fingerprint density at radius 2 is 1.73 bits per heavy atom. The standard InChI is InChI=1S/C23H28BrN3O3/c1-4-30-21-10-5-17(15-20(21)24)22(28)25-18-6-8-19(9-7-18)26-11-13-27(14-12-26)23(29)16(2)3/h5-10,15-16H,4,11-14H2,1-3H3,(H,25,28). The third-order valence-electron chi connectivity index (χ3n) is 5.07. The summed E-state index contributed by atoms with van der Waals surface area (Å²) in [6.45, 7) is 9.46. The van der Waals surface area contributed by atoms with Gasteiger partial charge in [-0.05, 0) is 65.3 Å². The van der Waals surface area contributed by atoms with Crippen molar-refractivity contribution in [3.05, 3.63) is 52.5 Å². The Labute approximate surface area is 186 Å². The van der Waals surface area contributed by atoms with Crippen molar-refractivity contribution in [2.75, 3.05) is 43.0 Å². The number of rotatable bonds is 6. The van der Waals surface area contributed by atoms with E-state index in [-0.39, 0.29) is 17.7 Å². The molecule has 2 aromatic carbocycles. The van der Waals surface area contributed by atoms with E-state index in [9.17, 15) is 9.59 Å². The molecule has 0 aliphatic carbocycles. The van der Waals surface area contributed by atoms with Gasteiger partial charge in [0.2, 0.25) is 5.91 Å². The van der Waals surface area contributed by atoms with Crippen molar-refractivity contribution in [1.82, 2.24) is 4.90 Å². The molecule has 2 amide bonds. The van der Waals surface area contributed by atoms with Crippen LogP contribution in [0.5, 0.6) is 5.75 Å². The van der Waals surface area contributed by atoms with E-state index in [1.165, 1.54) is 0 Å². The third-order valence-corrected chi connectivity index (χ3v) is 5.69. The summed E-state index contributed by atoms with van der Waals surface area (Å²) in [5.74, 6) is 0.796. The summed E-state index contributed by atoms with van der Waals surface area (Å²) in [5, 5.41) is 2.93. The van der Waals surface area contributed by atoms with Crippen molar-refractivity contribution in [2.24, 2.45) is 5.92 Å². The molecule has 2 aromatic rings. The van der Waals surface area contributed by atoms with Crippen LogP contribution in [0.3, 0.4) is 0 Å². The van der Waals surface area contributed by atoms with Gasteiger partial charge in [-0.2, -0.15) is 0 Å². The zero-order valence-corrected chi connectivity index (χ0v) is 19.2. The molecule has 1 saturated heterocycles. The molecular weight excluding hydrogens is 446 g/mol. The zero-order chi connectivity index (χ0) is 21.7. The van der Waals surface area contributed by atoms with Crippen LogP contribution in [0.15, 0.2) is 46.9 Å². The smallest absolute Gasteiger partial charge is 0.255 e. The average molecular weight is 474 g/mol. The van der Waals surface area contributed by atoms with E-state index in [4.69, 9.17) is 4.74 Å². The van der Waals surface area contributed by atoms with E-state index in [1.54, 1.807) is 18.2 Å². The van der Waals surface area contributed by atoms with Gasteiger partial charge in [0, 0.05) is 49.0 Å². The molecule has 0 spiro atoms. The Kier molecular flexibility index (Phi) is 7.37. The van der Waals surface area contributed by atoms with Crippen molar-refractivity contribution in [2.45, 2.75) is 20.8 Å². The molecule has 6 nitrogen and oxygen atoms in total. The SMILES string of the molecule is CCOc1ccc(C(=O)Nc2ccc(N3CCN(C(=O)C(C)C)CC3)cc2)cc1Br. The highest BCUT2D eigenvalue weighted by atomic mass is 79.9. The summed E-state index contributed by atoms with van der Waals surface area (Å²) in [6, 6.07) is 13.1. The Morgan fingerprint density at radius 3 is 2.30 bits per heavy atom. The number of hydrogen-bond acceptors (Lipinski definition) is 4. The molecule has 0 bridgehead atoms. The molecule has 0 aromatic heterocycles. The molecule has 0 saturated carbocycles. The molecule has 1 fully saturated rings. The van der Waals surface area contributed by atoms with Crippen molar-refractivity contribution in [3.63, 3.8) is 0 Å². The third kappa shape index (κ3) is 5.33. The molecular formula is C23H28BrN3O3. The first-order chi connectivity index (χ1) is 14.4. The van der Waals surface area contributed by atoms with Gasteiger partial charge in [-0.15, -0.1) is 0 Å². The van der Waals surface area contributed by atoms with E-state index in [2.05, 4.69) is 26.1 Å². The highest BCUT2D eigenvalue weighted by Gasteiger charge is 2.23. The summed E-state index contributed by atoms with van der Waals surface area (Å²) in [7, 11) is 0. The largest absolute Gasteiger partial charge is 0.493 e. The van der Waals surface area contributed by atoms with Gasteiger partial charge < -0.3 is 19.9 Å². The van der Waals surface area contributed by atoms with Crippen LogP contribution in [0.2, 0.25) is 0 Å². The maximum atomic E-state index is 12.6. The maximum Gasteiger partial charge on any atom is 0.255 e. The summed E-state index contributed by atoms with van der Waals surface area (Å²) in [5.41, 5.74) is 2.39. The van der Waals surface area contributed by atoms with Gasteiger partial charge in [0.05, 0.1) is 11.1 Å². The fraction of sp³-hybridized carbons (Fsp3) is 0.391. The minimum absolute atomic E-state index is 0.0374. The second-order valence-corrected chi connectivity index (χ2v) is 8.40. The van der Waals surface area contributed by atoms with Crippen LogP contribution in [0.4, 0.5) is 11.4 Å². The van der Waals surface area contributed by atoms with Crippen molar-refractivity contribution in [3.8, 4) is 5.75 Å². The van der Waals surface area contributed by atoms with Crippen LogP contribution in [0.1, 0.15) is 31.1 Å². The second kappa shape index (κ2) is 9.98. The van der Waals surface area contributed by atoms with Gasteiger partial charge in [-0.1, -0.05) is 13.8 Å². The van der Waals surface area contributed by atoms with Crippen LogP contribution in [-0.4, -0.2) is 49.5 Å². The quantitative estimate of drug-likeness (QED) is 0.674. The number of piperazine rings is 1. The topological polar surface area (TPSA) is 61.9 Å². The molecule has 0 atom stereocenters. The highest BCUT2D eigenvalue weighted by Crippen LogP contribution is 2.27. The lowest BCUT2D eigenvalue weighted by molar-refractivity contribution is -0.134. The minimum Gasteiger partial charge on any atom is -0.493 e. The number of nitrogens with one attached hydrogen (secondary N) is 1. The minimum atomic E-state index is -0.174. The molecule has 1 aliphatic heterocycles. The number of carbonyl (C=O) groups excluding carboxylic acids is 2. The number of benzene rings is 2. The molecule has 1 aliphatic rings. The predicted octanol–water partition coefficient (Wildman–Crippen LogP) is 4.40. The number of ether oxygens (including phenoxy) is 1. The number of anilines is 2. The number of halogens is 1. The number of carbonyl (C=O) groups is 2.